The second kappa shape index (κ2) is 5.93. The van der Waals surface area contributed by atoms with Crippen LogP contribution >= 0.6 is 23.2 Å². The largest absolute Gasteiger partial charge is 0.321 e. The van der Waals surface area contributed by atoms with Gasteiger partial charge in [0.05, 0.1) is 5.02 Å². The first-order valence-corrected chi connectivity index (χ1v) is 8.22. The van der Waals surface area contributed by atoms with Crippen LogP contribution in [-0.4, -0.2) is 10.9 Å². The van der Waals surface area contributed by atoms with Crippen molar-refractivity contribution in [1.82, 2.24) is 4.98 Å². The number of amides is 1. The molecule has 1 N–H and O–H groups in total. The van der Waals surface area contributed by atoms with Crippen LogP contribution in [0.5, 0.6) is 0 Å². The van der Waals surface area contributed by atoms with E-state index in [1.807, 2.05) is 30.3 Å². The summed E-state index contributed by atoms with van der Waals surface area (Å²) in [6.07, 6.45) is 0.866. The van der Waals surface area contributed by atoms with Gasteiger partial charge in [-0.2, -0.15) is 0 Å². The van der Waals surface area contributed by atoms with Gasteiger partial charge in [-0.3, -0.25) is 4.79 Å². The van der Waals surface area contributed by atoms with Crippen molar-refractivity contribution in [3.63, 3.8) is 0 Å². The quantitative estimate of drug-likeness (QED) is 0.502. The van der Waals surface area contributed by atoms with E-state index in [9.17, 15) is 4.79 Å². The van der Waals surface area contributed by atoms with Crippen molar-refractivity contribution in [1.29, 1.82) is 0 Å². The number of hydrogen-bond acceptors (Lipinski definition) is 2. The van der Waals surface area contributed by atoms with Gasteiger partial charge in [0.1, 0.15) is 10.8 Å². The number of aromatic nitrogens is 1. The van der Waals surface area contributed by atoms with Gasteiger partial charge in [0.2, 0.25) is 0 Å². The van der Waals surface area contributed by atoms with Crippen molar-refractivity contribution in [2.24, 2.45) is 0 Å². The number of carbonyl (C=O) groups excluding carboxylic acids is 1. The molecule has 1 aliphatic rings. The van der Waals surface area contributed by atoms with Crippen LogP contribution in [0.2, 0.25) is 10.2 Å². The van der Waals surface area contributed by atoms with E-state index in [1.54, 1.807) is 12.1 Å². The second-order valence-corrected chi connectivity index (χ2v) is 6.42. The van der Waals surface area contributed by atoms with Gasteiger partial charge in [0, 0.05) is 5.69 Å². The molecule has 2 aromatic carbocycles. The average molecular weight is 355 g/mol. The number of carbonyl (C=O) groups is 1. The zero-order valence-corrected chi connectivity index (χ0v) is 14.0. The normalized spacial score (nSPS) is 11.8. The molecular formula is C19H12Cl2N2O. The van der Waals surface area contributed by atoms with Gasteiger partial charge >= 0.3 is 0 Å². The Morgan fingerprint density at radius 3 is 2.62 bits per heavy atom. The maximum atomic E-state index is 12.4. The predicted molar refractivity (Wildman–Crippen MR) is 96.9 cm³/mol. The number of halogens is 2. The molecule has 0 bridgehead atoms. The van der Waals surface area contributed by atoms with Gasteiger partial charge in [-0.15, -0.1) is 0 Å². The first kappa shape index (κ1) is 15.2. The lowest BCUT2D eigenvalue weighted by molar-refractivity contribution is 0.102. The molecule has 0 unspecified atom stereocenters. The maximum Gasteiger partial charge on any atom is 0.275 e. The van der Waals surface area contributed by atoms with E-state index in [-0.39, 0.29) is 21.8 Å². The summed E-state index contributed by atoms with van der Waals surface area (Å²) in [5.41, 5.74) is 5.79. The highest BCUT2D eigenvalue weighted by Crippen LogP contribution is 2.37. The van der Waals surface area contributed by atoms with E-state index in [1.165, 1.54) is 22.3 Å². The number of nitrogens with zero attached hydrogens (tertiary/aromatic N) is 1. The van der Waals surface area contributed by atoms with E-state index < -0.39 is 0 Å². The number of fused-ring (bicyclic) bond motifs is 3. The minimum absolute atomic E-state index is 0.118. The number of benzene rings is 2. The highest BCUT2D eigenvalue weighted by atomic mass is 35.5. The molecule has 4 rings (SSSR count). The lowest BCUT2D eigenvalue weighted by atomic mass is 10.1. The SMILES string of the molecule is O=C(Nc1ccc2c(c1)Cc1ccccc1-2)c1nc(Cl)ccc1Cl. The zero-order valence-electron chi connectivity index (χ0n) is 12.5. The molecule has 1 heterocycles. The first-order valence-electron chi connectivity index (χ1n) is 7.46. The fraction of sp³-hybridized carbons (Fsp3) is 0.0526. The van der Waals surface area contributed by atoms with Gasteiger partial charge in [-0.25, -0.2) is 4.98 Å². The summed E-state index contributed by atoms with van der Waals surface area (Å²) in [5, 5.41) is 3.34. The van der Waals surface area contributed by atoms with Crippen LogP contribution in [0.4, 0.5) is 5.69 Å². The number of anilines is 1. The van der Waals surface area contributed by atoms with Crippen molar-refractivity contribution in [2.45, 2.75) is 6.42 Å². The molecule has 0 radical (unpaired) electrons. The molecule has 0 aliphatic heterocycles. The van der Waals surface area contributed by atoms with E-state index in [0.29, 0.717) is 5.69 Å². The number of nitrogens with one attached hydrogen (secondary N) is 1. The van der Waals surface area contributed by atoms with Crippen molar-refractivity contribution < 1.29 is 4.79 Å². The van der Waals surface area contributed by atoms with Crippen LogP contribution in [-0.2, 0) is 6.42 Å². The summed E-state index contributed by atoms with van der Waals surface area (Å²) >= 11 is 11.9. The molecule has 24 heavy (non-hydrogen) atoms. The number of rotatable bonds is 2. The molecule has 3 aromatic rings. The van der Waals surface area contributed by atoms with Crippen molar-refractivity contribution in [3.8, 4) is 11.1 Å². The summed E-state index contributed by atoms with van der Waals surface area (Å²) in [7, 11) is 0. The Hall–Kier alpha value is -2.36. The van der Waals surface area contributed by atoms with Gasteiger partial charge < -0.3 is 5.32 Å². The summed E-state index contributed by atoms with van der Waals surface area (Å²) in [6.45, 7) is 0. The molecule has 118 valence electrons. The third-order valence-corrected chi connectivity index (χ3v) is 4.59. The molecule has 0 atom stereocenters. The van der Waals surface area contributed by atoms with Gasteiger partial charge in [-0.1, -0.05) is 53.5 Å². The molecule has 1 amide bonds. The third-order valence-electron chi connectivity index (χ3n) is 4.08. The van der Waals surface area contributed by atoms with Crippen LogP contribution in [0, 0.1) is 0 Å². The molecule has 0 saturated heterocycles. The third kappa shape index (κ3) is 2.66. The lowest BCUT2D eigenvalue weighted by Crippen LogP contribution is -2.14. The zero-order chi connectivity index (χ0) is 16.7. The smallest absolute Gasteiger partial charge is 0.275 e. The van der Waals surface area contributed by atoms with Gasteiger partial charge in [0.15, 0.2) is 0 Å². The first-order chi connectivity index (χ1) is 11.6. The lowest BCUT2D eigenvalue weighted by Gasteiger charge is -2.08. The summed E-state index contributed by atoms with van der Waals surface area (Å²) in [5.74, 6) is -0.377. The van der Waals surface area contributed by atoms with E-state index in [2.05, 4.69) is 22.4 Å². The molecule has 0 spiro atoms. The Morgan fingerprint density at radius 2 is 1.75 bits per heavy atom. The number of hydrogen-bond donors (Lipinski definition) is 1. The predicted octanol–water partition coefficient (Wildman–Crippen LogP) is 5.21. The van der Waals surface area contributed by atoms with E-state index in [0.717, 1.165) is 6.42 Å². The Kier molecular flexibility index (Phi) is 3.75. The minimum Gasteiger partial charge on any atom is -0.321 e. The summed E-state index contributed by atoms with van der Waals surface area (Å²) in [4.78, 5) is 16.4. The van der Waals surface area contributed by atoms with Crippen LogP contribution in [0.15, 0.2) is 54.6 Å². The second-order valence-electron chi connectivity index (χ2n) is 5.62. The van der Waals surface area contributed by atoms with Crippen LogP contribution < -0.4 is 5.32 Å². The summed E-state index contributed by atoms with van der Waals surface area (Å²) < 4.78 is 0. The standard InChI is InChI=1S/C19H12Cl2N2O/c20-16-7-8-17(21)23-18(16)19(24)22-13-5-6-15-12(10-13)9-11-3-1-2-4-14(11)15/h1-8,10H,9H2,(H,22,24). The molecule has 0 fully saturated rings. The van der Waals surface area contributed by atoms with E-state index >= 15 is 0 Å². The highest BCUT2D eigenvalue weighted by molar-refractivity contribution is 6.35. The molecule has 1 aromatic heterocycles. The molecule has 5 heteroatoms. The summed E-state index contributed by atoms with van der Waals surface area (Å²) in [6, 6.07) is 17.3. The van der Waals surface area contributed by atoms with Crippen LogP contribution in [0.1, 0.15) is 21.6 Å². The minimum atomic E-state index is -0.377. The Balaban J connectivity index is 1.62. The Morgan fingerprint density at radius 1 is 0.958 bits per heavy atom. The topological polar surface area (TPSA) is 42.0 Å². The fourth-order valence-electron chi connectivity index (χ4n) is 2.99. The van der Waals surface area contributed by atoms with Crippen molar-refractivity contribution in [2.75, 3.05) is 5.32 Å². The molecule has 3 nitrogen and oxygen atoms in total. The Bertz CT molecular complexity index is 969. The Labute approximate surface area is 149 Å². The maximum absolute atomic E-state index is 12.4. The van der Waals surface area contributed by atoms with Crippen LogP contribution in [0.25, 0.3) is 11.1 Å². The molecule has 1 aliphatic carbocycles. The molecular weight excluding hydrogens is 343 g/mol. The average Bonchev–Trinajstić information content (AvgIpc) is 2.94. The van der Waals surface area contributed by atoms with Gasteiger partial charge in [0.25, 0.3) is 5.91 Å². The van der Waals surface area contributed by atoms with Crippen LogP contribution in [0.3, 0.4) is 0 Å². The van der Waals surface area contributed by atoms with Crippen molar-refractivity contribution >= 4 is 34.8 Å². The number of pyridine rings is 1. The molecule has 0 saturated carbocycles. The fourth-order valence-corrected chi connectivity index (χ4v) is 3.33. The van der Waals surface area contributed by atoms with E-state index in [4.69, 9.17) is 23.2 Å². The highest BCUT2D eigenvalue weighted by Gasteiger charge is 2.19. The van der Waals surface area contributed by atoms with Crippen molar-refractivity contribution in [3.05, 3.63) is 81.6 Å². The van der Waals surface area contributed by atoms with Gasteiger partial charge in [-0.05, 0) is 52.9 Å². The monoisotopic (exact) mass is 354 g/mol.